The van der Waals surface area contributed by atoms with Crippen LogP contribution in [0.15, 0.2) is 46.0 Å². The quantitative estimate of drug-likeness (QED) is 0.512. The SMILES string of the molecule is O=C1CCCC(O)=C1N=Nc1ccccc1[N+](=O)[O-]. The van der Waals surface area contributed by atoms with Crippen LogP contribution in [0.5, 0.6) is 0 Å². The second kappa shape index (κ2) is 5.38. The first-order valence-corrected chi connectivity index (χ1v) is 5.70. The Kier molecular flexibility index (Phi) is 3.65. The van der Waals surface area contributed by atoms with Crippen molar-refractivity contribution in [2.24, 2.45) is 10.2 Å². The van der Waals surface area contributed by atoms with E-state index in [0.717, 1.165) is 0 Å². The molecule has 0 radical (unpaired) electrons. The average molecular weight is 261 g/mol. The smallest absolute Gasteiger partial charge is 0.296 e. The Morgan fingerprint density at radius 3 is 2.63 bits per heavy atom. The van der Waals surface area contributed by atoms with Gasteiger partial charge in [0.1, 0.15) is 5.76 Å². The lowest BCUT2D eigenvalue weighted by molar-refractivity contribution is -0.384. The molecule has 0 aromatic heterocycles. The lowest BCUT2D eigenvalue weighted by Gasteiger charge is -2.09. The highest BCUT2D eigenvalue weighted by molar-refractivity contribution is 5.96. The fourth-order valence-electron chi connectivity index (χ4n) is 1.73. The molecule has 1 aliphatic rings. The van der Waals surface area contributed by atoms with Crippen molar-refractivity contribution in [3.05, 3.63) is 45.8 Å². The number of benzene rings is 1. The van der Waals surface area contributed by atoms with E-state index in [1.807, 2.05) is 0 Å². The lowest BCUT2D eigenvalue weighted by atomic mass is 10.0. The molecule has 2 rings (SSSR count). The summed E-state index contributed by atoms with van der Waals surface area (Å²) in [6.07, 6.45) is 1.25. The van der Waals surface area contributed by atoms with Crippen LogP contribution < -0.4 is 0 Å². The monoisotopic (exact) mass is 261 g/mol. The Morgan fingerprint density at radius 1 is 1.21 bits per heavy atom. The number of azo groups is 1. The van der Waals surface area contributed by atoms with E-state index in [2.05, 4.69) is 10.2 Å². The number of hydrogen-bond acceptors (Lipinski definition) is 6. The number of Topliss-reactive ketones (excluding diaryl/α,β-unsaturated/α-hetero) is 1. The minimum Gasteiger partial charge on any atom is -0.510 e. The molecule has 0 atom stereocenters. The number of aliphatic hydroxyl groups is 1. The fourth-order valence-corrected chi connectivity index (χ4v) is 1.73. The van der Waals surface area contributed by atoms with Crippen LogP contribution in [-0.2, 0) is 4.79 Å². The fraction of sp³-hybridized carbons (Fsp3) is 0.250. The third-order valence-corrected chi connectivity index (χ3v) is 2.69. The van der Waals surface area contributed by atoms with Crippen LogP contribution in [0.4, 0.5) is 11.4 Å². The molecule has 1 aromatic carbocycles. The van der Waals surface area contributed by atoms with E-state index < -0.39 is 4.92 Å². The molecule has 0 saturated heterocycles. The number of carbonyl (C=O) groups is 1. The largest absolute Gasteiger partial charge is 0.510 e. The van der Waals surface area contributed by atoms with Gasteiger partial charge in [-0.25, -0.2) is 0 Å². The molecule has 0 bridgehead atoms. The van der Waals surface area contributed by atoms with Gasteiger partial charge >= 0.3 is 0 Å². The summed E-state index contributed by atoms with van der Waals surface area (Å²) in [5, 5.41) is 27.7. The average Bonchev–Trinajstić information content (AvgIpc) is 2.38. The third kappa shape index (κ3) is 2.82. The van der Waals surface area contributed by atoms with Crippen LogP contribution in [0.1, 0.15) is 19.3 Å². The molecule has 98 valence electrons. The Balaban J connectivity index is 2.33. The number of ketones is 1. The van der Waals surface area contributed by atoms with E-state index in [-0.39, 0.29) is 28.6 Å². The van der Waals surface area contributed by atoms with Crippen molar-refractivity contribution in [2.75, 3.05) is 0 Å². The topological polar surface area (TPSA) is 105 Å². The summed E-state index contributed by atoms with van der Waals surface area (Å²) >= 11 is 0. The molecule has 0 heterocycles. The molecule has 0 amide bonds. The van der Waals surface area contributed by atoms with Crippen molar-refractivity contribution in [3.63, 3.8) is 0 Å². The Morgan fingerprint density at radius 2 is 1.95 bits per heavy atom. The zero-order valence-corrected chi connectivity index (χ0v) is 9.94. The standard InChI is InChI=1S/C12H11N3O4/c16-10-6-3-7-11(17)12(10)14-13-8-4-1-2-5-9(8)15(18)19/h1-2,4-5,16H,3,6-7H2. The van der Waals surface area contributed by atoms with Crippen molar-refractivity contribution in [3.8, 4) is 0 Å². The van der Waals surface area contributed by atoms with Crippen LogP contribution >= 0.6 is 0 Å². The molecule has 1 aliphatic carbocycles. The maximum Gasteiger partial charge on any atom is 0.296 e. The van der Waals surface area contributed by atoms with Gasteiger partial charge in [0.05, 0.1) is 4.92 Å². The van der Waals surface area contributed by atoms with Crippen molar-refractivity contribution < 1.29 is 14.8 Å². The summed E-state index contributed by atoms with van der Waals surface area (Å²) in [7, 11) is 0. The number of nitro benzene ring substituents is 1. The van der Waals surface area contributed by atoms with Crippen LogP contribution in [-0.4, -0.2) is 15.8 Å². The first-order chi connectivity index (χ1) is 9.09. The summed E-state index contributed by atoms with van der Waals surface area (Å²) in [6.45, 7) is 0. The van der Waals surface area contributed by atoms with Gasteiger partial charge in [0.25, 0.3) is 5.69 Å². The van der Waals surface area contributed by atoms with E-state index in [0.29, 0.717) is 19.3 Å². The molecule has 0 fully saturated rings. The summed E-state index contributed by atoms with van der Waals surface area (Å²) in [6, 6.07) is 5.82. The predicted octanol–water partition coefficient (Wildman–Crippen LogP) is 3.20. The summed E-state index contributed by atoms with van der Waals surface area (Å²) < 4.78 is 0. The molecule has 1 N–H and O–H groups in total. The predicted molar refractivity (Wildman–Crippen MR) is 66.1 cm³/mol. The minimum atomic E-state index is -0.578. The first kappa shape index (κ1) is 12.9. The van der Waals surface area contributed by atoms with Crippen molar-refractivity contribution in [1.29, 1.82) is 0 Å². The Hall–Kier alpha value is -2.57. The number of carbonyl (C=O) groups excluding carboxylic acids is 1. The van der Waals surface area contributed by atoms with Gasteiger partial charge in [0.2, 0.25) is 0 Å². The zero-order chi connectivity index (χ0) is 13.8. The number of rotatable bonds is 3. The second-order valence-electron chi connectivity index (χ2n) is 4.02. The first-order valence-electron chi connectivity index (χ1n) is 5.70. The van der Waals surface area contributed by atoms with Crippen LogP contribution in [0, 0.1) is 10.1 Å². The highest BCUT2D eigenvalue weighted by Crippen LogP contribution is 2.28. The van der Waals surface area contributed by atoms with E-state index in [4.69, 9.17) is 0 Å². The molecular formula is C12H11N3O4. The number of para-hydroxylation sites is 1. The highest BCUT2D eigenvalue weighted by Gasteiger charge is 2.20. The number of nitro groups is 1. The third-order valence-electron chi connectivity index (χ3n) is 2.69. The number of hydrogen-bond donors (Lipinski definition) is 1. The Bertz CT molecular complexity index is 592. The van der Waals surface area contributed by atoms with E-state index in [1.165, 1.54) is 18.2 Å². The van der Waals surface area contributed by atoms with Gasteiger partial charge in [-0.1, -0.05) is 12.1 Å². The molecule has 7 nitrogen and oxygen atoms in total. The normalized spacial score (nSPS) is 16.1. The number of nitrogens with zero attached hydrogens (tertiary/aromatic N) is 3. The van der Waals surface area contributed by atoms with Gasteiger partial charge in [0, 0.05) is 18.9 Å². The van der Waals surface area contributed by atoms with Crippen molar-refractivity contribution >= 4 is 17.2 Å². The number of aliphatic hydroxyl groups excluding tert-OH is 1. The maximum absolute atomic E-state index is 11.5. The molecule has 0 aliphatic heterocycles. The maximum atomic E-state index is 11.5. The molecule has 1 aromatic rings. The number of allylic oxidation sites excluding steroid dienone is 2. The van der Waals surface area contributed by atoms with E-state index in [1.54, 1.807) is 6.07 Å². The van der Waals surface area contributed by atoms with Crippen molar-refractivity contribution in [1.82, 2.24) is 0 Å². The van der Waals surface area contributed by atoms with Gasteiger partial charge in [-0.05, 0) is 12.5 Å². The Labute approximate surface area is 108 Å². The zero-order valence-electron chi connectivity index (χ0n) is 9.94. The van der Waals surface area contributed by atoms with Gasteiger partial charge in [-0.15, -0.1) is 10.2 Å². The molecule has 19 heavy (non-hydrogen) atoms. The van der Waals surface area contributed by atoms with Gasteiger partial charge < -0.3 is 5.11 Å². The van der Waals surface area contributed by atoms with Gasteiger partial charge in [-0.2, -0.15) is 0 Å². The van der Waals surface area contributed by atoms with E-state index >= 15 is 0 Å². The molecule has 0 spiro atoms. The van der Waals surface area contributed by atoms with Gasteiger partial charge in [-0.3, -0.25) is 14.9 Å². The van der Waals surface area contributed by atoms with Crippen LogP contribution in [0.3, 0.4) is 0 Å². The van der Waals surface area contributed by atoms with E-state index in [9.17, 15) is 20.0 Å². The molecular weight excluding hydrogens is 250 g/mol. The summed E-state index contributed by atoms with van der Waals surface area (Å²) in [5.41, 5.74) is -0.259. The van der Waals surface area contributed by atoms with Crippen LogP contribution in [0.25, 0.3) is 0 Å². The summed E-state index contributed by atoms with van der Waals surface area (Å²) in [4.78, 5) is 21.7. The molecule has 0 saturated carbocycles. The second-order valence-corrected chi connectivity index (χ2v) is 4.02. The molecule has 0 unspecified atom stereocenters. The highest BCUT2D eigenvalue weighted by atomic mass is 16.6. The summed E-state index contributed by atoms with van der Waals surface area (Å²) in [5.74, 6) is -0.412. The van der Waals surface area contributed by atoms with Crippen LogP contribution in [0.2, 0.25) is 0 Å². The van der Waals surface area contributed by atoms with Crippen molar-refractivity contribution in [2.45, 2.75) is 19.3 Å². The van der Waals surface area contributed by atoms with Gasteiger partial charge in [0.15, 0.2) is 17.2 Å². The minimum absolute atomic E-state index is 0.0474. The molecule has 7 heteroatoms. The lowest BCUT2D eigenvalue weighted by Crippen LogP contribution is -2.09.